The van der Waals surface area contributed by atoms with Crippen molar-refractivity contribution in [1.82, 2.24) is 20.2 Å². The Labute approximate surface area is 135 Å². The SMILES string of the molecule is OCCCCc1cc(-c2ccccn2)nnc1-c1ccccn1. The first-order valence-electron chi connectivity index (χ1n) is 7.69. The molecular formula is C18H18N4O. The van der Waals surface area contributed by atoms with Crippen molar-refractivity contribution < 1.29 is 5.11 Å². The average molecular weight is 306 g/mol. The third kappa shape index (κ3) is 3.76. The van der Waals surface area contributed by atoms with Gasteiger partial charge in [0.15, 0.2) is 0 Å². The van der Waals surface area contributed by atoms with Gasteiger partial charge in [-0.3, -0.25) is 9.97 Å². The molecular weight excluding hydrogens is 288 g/mol. The molecule has 0 unspecified atom stereocenters. The van der Waals surface area contributed by atoms with Crippen LogP contribution in [0.15, 0.2) is 54.9 Å². The number of pyridine rings is 2. The molecule has 3 aromatic rings. The zero-order valence-corrected chi connectivity index (χ0v) is 12.8. The number of hydrogen-bond donors (Lipinski definition) is 1. The van der Waals surface area contributed by atoms with Crippen LogP contribution in [0.25, 0.3) is 22.8 Å². The smallest absolute Gasteiger partial charge is 0.115 e. The van der Waals surface area contributed by atoms with Crippen LogP contribution in [0.3, 0.4) is 0 Å². The molecule has 0 amide bonds. The van der Waals surface area contributed by atoms with Crippen LogP contribution in [-0.4, -0.2) is 31.9 Å². The van der Waals surface area contributed by atoms with Crippen LogP contribution in [-0.2, 0) is 6.42 Å². The molecule has 5 heteroatoms. The van der Waals surface area contributed by atoms with Crippen LogP contribution in [0.5, 0.6) is 0 Å². The highest BCUT2D eigenvalue weighted by molar-refractivity contribution is 5.63. The minimum absolute atomic E-state index is 0.199. The highest BCUT2D eigenvalue weighted by Gasteiger charge is 2.12. The predicted molar refractivity (Wildman–Crippen MR) is 88.5 cm³/mol. The molecule has 0 spiro atoms. The Bertz CT molecular complexity index is 747. The largest absolute Gasteiger partial charge is 0.396 e. The predicted octanol–water partition coefficient (Wildman–Crippen LogP) is 2.92. The van der Waals surface area contributed by atoms with Crippen molar-refractivity contribution in [3.8, 4) is 22.8 Å². The maximum atomic E-state index is 9.01. The van der Waals surface area contributed by atoms with Gasteiger partial charge in [0.2, 0.25) is 0 Å². The van der Waals surface area contributed by atoms with Gasteiger partial charge in [0.05, 0.1) is 11.4 Å². The minimum Gasteiger partial charge on any atom is -0.396 e. The lowest BCUT2D eigenvalue weighted by molar-refractivity contribution is 0.284. The van der Waals surface area contributed by atoms with E-state index in [1.165, 1.54) is 0 Å². The van der Waals surface area contributed by atoms with Crippen molar-refractivity contribution >= 4 is 0 Å². The van der Waals surface area contributed by atoms with Crippen molar-refractivity contribution in [2.24, 2.45) is 0 Å². The molecule has 116 valence electrons. The Morgan fingerprint density at radius 3 is 2.17 bits per heavy atom. The van der Waals surface area contributed by atoms with Crippen molar-refractivity contribution in [3.05, 3.63) is 60.4 Å². The number of aromatic nitrogens is 4. The number of rotatable bonds is 6. The molecule has 0 radical (unpaired) electrons. The van der Waals surface area contributed by atoms with Crippen molar-refractivity contribution in [2.45, 2.75) is 19.3 Å². The van der Waals surface area contributed by atoms with Crippen LogP contribution >= 0.6 is 0 Å². The third-order valence-corrected chi connectivity index (χ3v) is 3.56. The van der Waals surface area contributed by atoms with Crippen molar-refractivity contribution in [1.29, 1.82) is 0 Å². The average Bonchev–Trinajstić information content (AvgIpc) is 2.63. The van der Waals surface area contributed by atoms with Crippen LogP contribution in [0.1, 0.15) is 18.4 Å². The van der Waals surface area contributed by atoms with Crippen LogP contribution in [0.4, 0.5) is 0 Å². The second-order valence-corrected chi connectivity index (χ2v) is 5.21. The van der Waals surface area contributed by atoms with E-state index in [9.17, 15) is 0 Å². The number of aliphatic hydroxyl groups is 1. The molecule has 0 fully saturated rings. The summed E-state index contributed by atoms with van der Waals surface area (Å²) >= 11 is 0. The van der Waals surface area contributed by atoms with E-state index in [-0.39, 0.29) is 6.61 Å². The van der Waals surface area contributed by atoms with Gasteiger partial charge in [0.25, 0.3) is 0 Å². The Hall–Kier alpha value is -2.66. The summed E-state index contributed by atoms with van der Waals surface area (Å²) < 4.78 is 0. The monoisotopic (exact) mass is 306 g/mol. The molecule has 0 saturated carbocycles. The van der Waals surface area contributed by atoms with Gasteiger partial charge in [-0.25, -0.2) is 0 Å². The van der Waals surface area contributed by atoms with E-state index in [1.54, 1.807) is 12.4 Å². The van der Waals surface area contributed by atoms with E-state index in [4.69, 9.17) is 5.11 Å². The summed E-state index contributed by atoms with van der Waals surface area (Å²) in [5.74, 6) is 0. The Morgan fingerprint density at radius 2 is 1.52 bits per heavy atom. The summed E-state index contributed by atoms with van der Waals surface area (Å²) in [4.78, 5) is 8.70. The fourth-order valence-corrected chi connectivity index (χ4v) is 2.41. The van der Waals surface area contributed by atoms with E-state index in [0.29, 0.717) is 0 Å². The highest BCUT2D eigenvalue weighted by atomic mass is 16.2. The quantitative estimate of drug-likeness (QED) is 0.709. The lowest BCUT2D eigenvalue weighted by Crippen LogP contribution is -2.01. The van der Waals surface area contributed by atoms with E-state index in [2.05, 4.69) is 20.2 Å². The van der Waals surface area contributed by atoms with E-state index in [1.807, 2.05) is 42.5 Å². The maximum absolute atomic E-state index is 9.01. The molecule has 3 heterocycles. The van der Waals surface area contributed by atoms with Gasteiger partial charge in [-0.2, -0.15) is 0 Å². The normalized spacial score (nSPS) is 10.7. The fourth-order valence-electron chi connectivity index (χ4n) is 2.41. The van der Waals surface area contributed by atoms with Crippen LogP contribution in [0, 0.1) is 0 Å². The van der Waals surface area contributed by atoms with Gasteiger partial charge in [0.1, 0.15) is 11.4 Å². The van der Waals surface area contributed by atoms with Gasteiger partial charge in [-0.1, -0.05) is 12.1 Å². The molecule has 0 aliphatic rings. The van der Waals surface area contributed by atoms with Gasteiger partial charge < -0.3 is 5.11 Å². The number of hydrogen-bond acceptors (Lipinski definition) is 5. The van der Waals surface area contributed by atoms with E-state index >= 15 is 0 Å². The molecule has 0 atom stereocenters. The molecule has 0 aliphatic carbocycles. The third-order valence-electron chi connectivity index (χ3n) is 3.56. The summed E-state index contributed by atoms with van der Waals surface area (Å²) in [6.45, 7) is 0.199. The topological polar surface area (TPSA) is 71.8 Å². The number of aryl methyl sites for hydroxylation is 1. The van der Waals surface area contributed by atoms with Crippen LogP contribution < -0.4 is 0 Å². The van der Waals surface area contributed by atoms with Crippen molar-refractivity contribution in [2.75, 3.05) is 6.61 Å². The fraction of sp³-hybridized carbons (Fsp3) is 0.222. The molecule has 3 rings (SSSR count). The Balaban J connectivity index is 1.99. The summed E-state index contributed by atoms with van der Waals surface area (Å²) in [6.07, 6.45) is 5.98. The lowest BCUT2D eigenvalue weighted by Gasteiger charge is -2.09. The summed E-state index contributed by atoms with van der Waals surface area (Å²) in [6, 6.07) is 13.5. The molecule has 23 heavy (non-hydrogen) atoms. The van der Waals surface area contributed by atoms with Crippen LogP contribution in [0.2, 0.25) is 0 Å². The first-order chi connectivity index (χ1) is 11.4. The molecule has 5 nitrogen and oxygen atoms in total. The van der Waals surface area contributed by atoms with Gasteiger partial charge in [-0.15, -0.1) is 10.2 Å². The second-order valence-electron chi connectivity index (χ2n) is 5.21. The second kappa shape index (κ2) is 7.56. The molecule has 0 saturated heterocycles. The zero-order valence-electron chi connectivity index (χ0n) is 12.8. The maximum Gasteiger partial charge on any atom is 0.115 e. The Morgan fingerprint density at radius 1 is 0.783 bits per heavy atom. The van der Waals surface area contributed by atoms with Gasteiger partial charge in [0, 0.05) is 19.0 Å². The molecule has 1 N–H and O–H groups in total. The first-order valence-corrected chi connectivity index (χ1v) is 7.69. The summed E-state index contributed by atoms with van der Waals surface area (Å²) in [5.41, 5.74) is 4.24. The molecule has 0 aromatic carbocycles. The molecule has 3 aromatic heterocycles. The number of aliphatic hydroxyl groups excluding tert-OH is 1. The number of nitrogens with zero attached hydrogens (tertiary/aromatic N) is 4. The van der Waals surface area contributed by atoms with Gasteiger partial charge >= 0.3 is 0 Å². The molecule has 0 bridgehead atoms. The lowest BCUT2D eigenvalue weighted by atomic mass is 10.0. The minimum atomic E-state index is 0.199. The number of unbranched alkanes of at least 4 members (excludes halogenated alkanes) is 1. The standard InChI is InChI=1S/C18H18N4O/c23-12-6-3-7-14-13-17(15-8-1-4-10-19-15)21-22-18(14)16-9-2-5-11-20-16/h1-2,4-5,8-11,13,23H,3,6-7,12H2. The van der Waals surface area contributed by atoms with E-state index in [0.717, 1.165) is 47.6 Å². The van der Waals surface area contributed by atoms with E-state index < -0.39 is 0 Å². The first kappa shape index (κ1) is 15.2. The molecule has 0 aliphatic heterocycles. The summed E-state index contributed by atoms with van der Waals surface area (Å²) in [5, 5.41) is 17.7. The Kier molecular flexibility index (Phi) is 5.01. The summed E-state index contributed by atoms with van der Waals surface area (Å²) in [7, 11) is 0. The van der Waals surface area contributed by atoms with Crippen molar-refractivity contribution in [3.63, 3.8) is 0 Å². The zero-order chi connectivity index (χ0) is 15.9. The van der Waals surface area contributed by atoms with Gasteiger partial charge in [-0.05, 0) is 55.2 Å². The highest BCUT2D eigenvalue weighted by Crippen LogP contribution is 2.24.